The molecular formula is C8H12N6. The van der Waals surface area contributed by atoms with Crippen molar-refractivity contribution in [3.63, 3.8) is 0 Å². The Morgan fingerprint density at radius 1 is 1.43 bits per heavy atom. The first-order valence-electron chi connectivity index (χ1n) is 4.35. The quantitative estimate of drug-likeness (QED) is 0.712. The first-order valence-corrected chi connectivity index (χ1v) is 4.35. The fourth-order valence-electron chi connectivity index (χ4n) is 1.23. The third kappa shape index (κ3) is 1.80. The predicted octanol–water partition coefficient (Wildman–Crippen LogP) is -0.481. The molecule has 0 amide bonds. The Balaban J connectivity index is 2.10. The zero-order valence-corrected chi connectivity index (χ0v) is 7.96. The lowest BCUT2D eigenvalue weighted by molar-refractivity contribution is 0.655. The smallest absolute Gasteiger partial charge is 0.104 e. The number of aromatic nitrogens is 5. The van der Waals surface area contributed by atoms with Gasteiger partial charge in [-0.15, -0.1) is 5.10 Å². The highest BCUT2D eigenvalue weighted by Gasteiger charge is 2.01. The summed E-state index contributed by atoms with van der Waals surface area (Å²) in [6.45, 7) is 1.10. The van der Waals surface area contributed by atoms with Crippen LogP contribution in [0.25, 0.3) is 0 Å². The van der Waals surface area contributed by atoms with Gasteiger partial charge in [-0.05, 0) is 6.07 Å². The van der Waals surface area contributed by atoms with Gasteiger partial charge in [0.2, 0.25) is 0 Å². The van der Waals surface area contributed by atoms with Gasteiger partial charge in [-0.2, -0.15) is 5.10 Å². The van der Waals surface area contributed by atoms with Crippen LogP contribution < -0.4 is 5.73 Å². The Kier molecular flexibility index (Phi) is 2.28. The fraction of sp³-hybridized carbons (Fsp3) is 0.375. The second kappa shape index (κ2) is 3.59. The van der Waals surface area contributed by atoms with Crippen molar-refractivity contribution < 1.29 is 0 Å². The minimum atomic E-state index is 0.466. The van der Waals surface area contributed by atoms with Crippen LogP contribution in [0.3, 0.4) is 0 Å². The predicted molar refractivity (Wildman–Crippen MR) is 50.2 cm³/mol. The molecule has 0 aliphatic carbocycles. The summed E-state index contributed by atoms with van der Waals surface area (Å²) in [6.07, 6.45) is 3.75. The van der Waals surface area contributed by atoms with E-state index in [0.29, 0.717) is 13.1 Å². The van der Waals surface area contributed by atoms with E-state index in [4.69, 9.17) is 5.73 Å². The maximum atomic E-state index is 5.45. The largest absolute Gasteiger partial charge is 0.325 e. The average Bonchev–Trinajstić information content (AvgIpc) is 2.76. The summed E-state index contributed by atoms with van der Waals surface area (Å²) in [5.41, 5.74) is 7.22. The van der Waals surface area contributed by atoms with Gasteiger partial charge >= 0.3 is 0 Å². The number of aryl methyl sites for hydroxylation is 1. The van der Waals surface area contributed by atoms with Crippen molar-refractivity contribution in [3.8, 4) is 0 Å². The summed E-state index contributed by atoms with van der Waals surface area (Å²) in [7, 11) is 1.84. The summed E-state index contributed by atoms with van der Waals surface area (Å²) < 4.78 is 3.47. The molecule has 0 radical (unpaired) electrons. The van der Waals surface area contributed by atoms with Gasteiger partial charge in [0.15, 0.2) is 0 Å². The summed E-state index contributed by atoms with van der Waals surface area (Å²) in [4.78, 5) is 0. The van der Waals surface area contributed by atoms with E-state index < -0.39 is 0 Å². The Hall–Kier alpha value is -1.69. The van der Waals surface area contributed by atoms with Crippen LogP contribution in [-0.4, -0.2) is 24.8 Å². The number of nitrogens with zero attached hydrogens (tertiary/aromatic N) is 5. The number of hydrogen-bond acceptors (Lipinski definition) is 4. The molecular weight excluding hydrogens is 180 g/mol. The van der Waals surface area contributed by atoms with Crippen LogP contribution >= 0.6 is 0 Å². The molecule has 0 spiro atoms. The first kappa shape index (κ1) is 8.89. The zero-order valence-electron chi connectivity index (χ0n) is 7.96. The Labute approximate surface area is 81.3 Å². The molecule has 2 N–H and O–H groups in total. The lowest BCUT2D eigenvalue weighted by atomic mass is 10.4. The minimum Gasteiger partial charge on any atom is -0.325 e. The van der Waals surface area contributed by atoms with Crippen LogP contribution in [0.15, 0.2) is 18.5 Å². The van der Waals surface area contributed by atoms with Crippen LogP contribution in [0, 0.1) is 0 Å². The van der Waals surface area contributed by atoms with Crippen LogP contribution in [-0.2, 0) is 20.1 Å². The van der Waals surface area contributed by atoms with Crippen LogP contribution in [0.2, 0.25) is 0 Å². The second-order valence-electron chi connectivity index (χ2n) is 3.09. The molecule has 6 nitrogen and oxygen atoms in total. The highest BCUT2D eigenvalue weighted by Crippen LogP contribution is 1.98. The number of nitrogens with two attached hydrogens (primary N) is 1. The number of hydrogen-bond donors (Lipinski definition) is 1. The molecule has 0 aliphatic rings. The van der Waals surface area contributed by atoms with Gasteiger partial charge in [-0.3, -0.25) is 9.36 Å². The standard InChI is InChI=1S/C8H12N6/c1-13-5-8(10-12-13)6-14-3-2-7(4-9)11-14/h2-3,5H,4,6,9H2,1H3. The van der Waals surface area contributed by atoms with E-state index in [0.717, 1.165) is 11.4 Å². The van der Waals surface area contributed by atoms with Crippen molar-refractivity contribution in [1.29, 1.82) is 0 Å². The van der Waals surface area contributed by atoms with Crippen molar-refractivity contribution in [2.75, 3.05) is 0 Å². The Morgan fingerprint density at radius 3 is 2.86 bits per heavy atom. The lowest BCUT2D eigenvalue weighted by Gasteiger charge is -1.95. The number of rotatable bonds is 3. The molecule has 0 atom stereocenters. The molecule has 0 bridgehead atoms. The van der Waals surface area contributed by atoms with Crippen molar-refractivity contribution in [2.45, 2.75) is 13.1 Å². The summed E-state index contributed by atoms with van der Waals surface area (Å²) in [5, 5.41) is 12.1. The van der Waals surface area contributed by atoms with Gasteiger partial charge in [0.05, 0.1) is 12.2 Å². The summed E-state index contributed by atoms with van der Waals surface area (Å²) >= 11 is 0. The lowest BCUT2D eigenvalue weighted by Crippen LogP contribution is -2.03. The van der Waals surface area contributed by atoms with Crippen LogP contribution in [0.4, 0.5) is 0 Å². The maximum absolute atomic E-state index is 5.45. The van der Waals surface area contributed by atoms with Crippen molar-refractivity contribution >= 4 is 0 Å². The topological polar surface area (TPSA) is 74.5 Å². The SMILES string of the molecule is Cn1cc(Cn2ccc(CN)n2)nn1. The van der Waals surface area contributed by atoms with Crippen molar-refractivity contribution in [2.24, 2.45) is 12.8 Å². The van der Waals surface area contributed by atoms with Crippen LogP contribution in [0.1, 0.15) is 11.4 Å². The molecule has 6 heteroatoms. The molecule has 2 rings (SSSR count). The maximum Gasteiger partial charge on any atom is 0.104 e. The molecule has 2 heterocycles. The molecule has 14 heavy (non-hydrogen) atoms. The van der Waals surface area contributed by atoms with E-state index in [-0.39, 0.29) is 0 Å². The molecule has 0 fully saturated rings. The molecule has 0 unspecified atom stereocenters. The molecule has 0 saturated heterocycles. The third-order valence-electron chi connectivity index (χ3n) is 1.88. The van der Waals surface area contributed by atoms with E-state index in [2.05, 4.69) is 15.4 Å². The fourth-order valence-corrected chi connectivity index (χ4v) is 1.23. The zero-order chi connectivity index (χ0) is 9.97. The molecule has 2 aromatic rings. The Morgan fingerprint density at radius 2 is 2.29 bits per heavy atom. The van der Waals surface area contributed by atoms with Gasteiger partial charge in [-0.1, -0.05) is 5.21 Å². The van der Waals surface area contributed by atoms with E-state index in [9.17, 15) is 0 Å². The highest BCUT2D eigenvalue weighted by atomic mass is 15.4. The van der Waals surface area contributed by atoms with Crippen molar-refractivity contribution in [3.05, 3.63) is 29.8 Å². The molecule has 0 saturated carbocycles. The van der Waals surface area contributed by atoms with Gasteiger partial charge < -0.3 is 5.73 Å². The Bertz CT molecular complexity index is 415. The van der Waals surface area contributed by atoms with Gasteiger partial charge in [-0.25, -0.2) is 0 Å². The summed E-state index contributed by atoms with van der Waals surface area (Å²) in [6, 6.07) is 1.90. The molecule has 74 valence electrons. The van der Waals surface area contributed by atoms with E-state index in [1.807, 2.05) is 25.5 Å². The summed E-state index contributed by atoms with van der Waals surface area (Å²) in [5.74, 6) is 0. The monoisotopic (exact) mass is 192 g/mol. The minimum absolute atomic E-state index is 0.466. The molecule has 2 aromatic heterocycles. The van der Waals surface area contributed by atoms with Gasteiger partial charge in [0.1, 0.15) is 5.69 Å². The average molecular weight is 192 g/mol. The van der Waals surface area contributed by atoms with Gasteiger partial charge in [0, 0.05) is 26.0 Å². The van der Waals surface area contributed by atoms with E-state index in [1.54, 1.807) is 9.36 Å². The molecule has 0 aliphatic heterocycles. The highest BCUT2D eigenvalue weighted by molar-refractivity contribution is 5.00. The van der Waals surface area contributed by atoms with Crippen LogP contribution in [0.5, 0.6) is 0 Å². The normalized spacial score (nSPS) is 10.7. The van der Waals surface area contributed by atoms with Crippen molar-refractivity contribution in [1.82, 2.24) is 24.8 Å². The second-order valence-corrected chi connectivity index (χ2v) is 3.09. The first-order chi connectivity index (χ1) is 6.78. The molecule has 0 aromatic carbocycles. The van der Waals surface area contributed by atoms with E-state index >= 15 is 0 Å². The van der Waals surface area contributed by atoms with E-state index in [1.165, 1.54) is 0 Å². The third-order valence-corrected chi connectivity index (χ3v) is 1.88. The van der Waals surface area contributed by atoms with Gasteiger partial charge in [0.25, 0.3) is 0 Å².